The summed E-state index contributed by atoms with van der Waals surface area (Å²) in [7, 11) is 0. The second kappa shape index (κ2) is 4.80. The Hall–Kier alpha value is -1.82. The molecule has 0 saturated heterocycles. The smallest absolute Gasteiger partial charge is 0.368 e. The minimum Gasteiger partial charge on any atom is -0.480 e. The van der Waals surface area contributed by atoms with Crippen LogP contribution >= 0.6 is 0 Å². The summed E-state index contributed by atoms with van der Waals surface area (Å²) in [6, 6.07) is -1.34. The molecule has 0 aliphatic carbocycles. The monoisotopic (exact) mass is 226 g/mol. The fourth-order valence-corrected chi connectivity index (χ4v) is 1.18. The lowest BCUT2D eigenvalue weighted by Crippen LogP contribution is -2.40. The van der Waals surface area contributed by atoms with Crippen LogP contribution in [0, 0.1) is 0 Å². The molecule has 16 heavy (non-hydrogen) atoms. The number of hydrogen-bond acceptors (Lipinski definition) is 4. The Bertz CT molecular complexity index is 305. The van der Waals surface area contributed by atoms with Gasteiger partial charge >= 0.3 is 11.9 Å². The number of carboxylic acid groups (broad SMARTS) is 2. The fourth-order valence-electron chi connectivity index (χ4n) is 1.18. The number of hydrogen-bond donors (Lipinski definition) is 2. The first-order valence-electron chi connectivity index (χ1n) is 4.80. The zero-order valence-electron chi connectivity index (χ0n) is 9.07. The highest BCUT2D eigenvalue weighted by Gasteiger charge is 2.29. The molecule has 0 amide bonds. The van der Waals surface area contributed by atoms with E-state index in [2.05, 4.69) is 0 Å². The third kappa shape index (κ3) is 2.60. The number of carboxylic acids is 2. The molecule has 1 rings (SSSR count). The van der Waals surface area contributed by atoms with Gasteiger partial charge in [0.05, 0.1) is 12.4 Å². The molecule has 0 bridgehead atoms. The Balaban J connectivity index is 2.66. The zero-order valence-corrected chi connectivity index (χ0v) is 9.07. The van der Waals surface area contributed by atoms with E-state index in [0.717, 1.165) is 0 Å². The van der Waals surface area contributed by atoms with Gasteiger partial charge in [-0.2, -0.15) is 0 Å². The largest absolute Gasteiger partial charge is 0.480 e. The van der Waals surface area contributed by atoms with E-state index in [0.29, 0.717) is 0 Å². The predicted molar refractivity (Wildman–Crippen MR) is 56.4 cm³/mol. The first-order chi connectivity index (χ1) is 7.43. The summed E-state index contributed by atoms with van der Waals surface area (Å²) in [5, 5.41) is 17.6. The fraction of sp³-hybridized carbons (Fsp3) is 0.400. The van der Waals surface area contributed by atoms with Gasteiger partial charge in [0.2, 0.25) is 6.04 Å². The van der Waals surface area contributed by atoms with E-state index < -0.39 is 24.0 Å². The minimum absolute atomic E-state index is 0.671. The lowest BCUT2D eigenvalue weighted by Gasteiger charge is -2.22. The zero-order chi connectivity index (χ0) is 12.3. The van der Waals surface area contributed by atoms with Crippen molar-refractivity contribution in [1.82, 2.24) is 9.80 Å². The molecule has 87 valence electrons. The van der Waals surface area contributed by atoms with Gasteiger partial charge in [0, 0.05) is 6.92 Å². The summed E-state index contributed by atoms with van der Waals surface area (Å²) >= 11 is 0. The highest BCUT2D eigenvalue weighted by atomic mass is 16.4. The third-order valence-electron chi connectivity index (χ3n) is 2.43. The number of carbonyl (C=O) groups is 2. The minimum atomic E-state index is -0.936. The second-order valence-corrected chi connectivity index (χ2v) is 3.52. The Labute approximate surface area is 93.1 Å². The predicted octanol–water partition coefficient (Wildman–Crippen LogP) is 0.331. The third-order valence-corrected chi connectivity index (χ3v) is 2.43. The van der Waals surface area contributed by atoms with Crippen LogP contribution in [-0.2, 0) is 9.59 Å². The molecule has 0 aromatic rings. The van der Waals surface area contributed by atoms with E-state index in [-0.39, 0.29) is 0 Å². The Morgan fingerprint density at radius 2 is 1.62 bits per heavy atom. The summed E-state index contributed by atoms with van der Waals surface area (Å²) in [6.45, 7) is 3.10. The van der Waals surface area contributed by atoms with Crippen LogP contribution in [0.2, 0.25) is 0 Å². The maximum Gasteiger partial charge on any atom is 0.368 e. The van der Waals surface area contributed by atoms with Gasteiger partial charge in [-0.05, 0) is 6.92 Å². The number of nitrogens with zero attached hydrogens (tertiary/aromatic N) is 2. The lowest BCUT2D eigenvalue weighted by molar-refractivity contribution is -0.141. The van der Waals surface area contributed by atoms with Crippen LogP contribution in [0.25, 0.3) is 0 Å². The van der Waals surface area contributed by atoms with Gasteiger partial charge < -0.3 is 15.1 Å². The standard InChI is InChI=1S/C10H14N2O4/c1-7(9(13)14)11-3-5-12(6-4-11)8(2)10(15)16/h3-8H,1-2H3,(H,13,14)(H,15,16)/q+1. The molecule has 0 aromatic carbocycles. The molecule has 1 radical (unpaired) electrons. The molecule has 0 aromatic heterocycles. The maximum atomic E-state index is 10.7. The van der Waals surface area contributed by atoms with Gasteiger partial charge in [0.1, 0.15) is 6.04 Å². The van der Waals surface area contributed by atoms with Crippen molar-refractivity contribution < 1.29 is 19.8 Å². The summed E-state index contributed by atoms with van der Waals surface area (Å²) in [5.41, 5.74) is 0. The Kier molecular flexibility index (Phi) is 3.68. The van der Waals surface area contributed by atoms with Crippen molar-refractivity contribution in [2.24, 2.45) is 0 Å². The van der Waals surface area contributed by atoms with Crippen molar-refractivity contribution in [2.45, 2.75) is 25.9 Å². The highest BCUT2D eigenvalue weighted by molar-refractivity contribution is 5.74. The quantitative estimate of drug-likeness (QED) is 0.675. The summed E-state index contributed by atoms with van der Waals surface area (Å²) in [5.74, 6) is -1.87. The topological polar surface area (TPSA) is 83.7 Å². The number of rotatable bonds is 4. The Morgan fingerprint density at radius 1 is 1.12 bits per heavy atom. The van der Waals surface area contributed by atoms with E-state index in [4.69, 9.17) is 10.2 Å². The van der Waals surface area contributed by atoms with Gasteiger partial charge in [0.15, 0.2) is 12.4 Å². The lowest BCUT2D eigenvalue weighted by atomic mass is 10.2. The Morgan fingerprint density at radius 3 is 2.00 bits per heavy atom. The van der Waals surface area contributed by atoms with Crippen LogP contribution in [0.15, 0.2) is 24.8 Å². The van der Waals surface area contributed by atoms with Crippen molar-refractivity contribution in [2.75, 3.05) is 0 Å². The van der Waals surface area contributed by atoms with Gasteiger partial charge in [-0.3, -0.25) is 0 Å². The normalized spacial score (nSPS) is 19.5. The van der Waals surface area contributed by atoms with Crippen LogP contribution in [0.4, 0.5) is 0 Å². The molecule has 2 unspecified atom stereocenters. The van der Waals surface area contributed by atoms with E-state index in [9.17, 15) is 9.59 Å². The van der Waals surface area contributed by atoms with Crippen molar-refractivity contribution in [3.05, 3.63) is 24.8 Å². The average Bonchev–Trinajstić information content (AvgIpc) is 2.27. The first-order valence-corrected chi connectivity index (χ1v) is 4.80. The van der Waals surface area contributed by atoms with Gasteiger partial charge in [-0.25, -0.2) is 9.59 Å². The van der Waals surface area contributed by atoms with Crippen molar-refractivity contribution >= 4 is 11.9 Å². The molecule has 6 heteroatoms. The average molecular weight is 226 g/mol. The van der Waals surface area contributed by atoms with Gasteiger partial charge in [0.25, 0.3) is 0 Å². The summed E-state index contributed by atoms with van der Waals surface area (Å²) in [6.07, 6.45) is 6.16. The second-order valence-electron chi connectivity index (χ2n) is 3.52. The van der Waals surface area contributed by atoms with Crippen LogP contribution in [-0.4, -0.2) is 39.1 Å². The molecule has 0 spiro atoms. The molecular formula is C10H14N2O4+. The highest BCUT2D eigenvalue weighted by Crippen LogP contribution is 2.09. The van der Waals surface area contributed by atoms with Crippen LogP contribution < -0.4 is 4.90 Å². The van der Waals surface area contributed by atoms with Crippen molar-refractivity contribution in [3.8, 4) is 0 Å². The SMILES string of the molecule is CC(C(=O)O)N1C=C[N+](C(C)C(=O)O)C=C1. The molecular weight excluding hydrogens is 212 g/mol. The van der Waals surface area contributed by atoms with E-state index in [1.807, 2.05) is 0 Å². The molecule has 2 atom stereocenters. The van der Waals surface area contributed by atoms with Crippen LogP contribution in [0.1, 0.15) is 13.8 Å². The van der Waals surface area contributed by atoms with Crippen LogP contribution in [0.3, 0.4) is 0 Å². The van der Waals surface area contributed by atoms with Gasteiger partial charge in [-0.15, -0.1) is 0 Å². The van der Waals surface area contributed by atoms with E-state index in [1.165, 1.54) is 34.6 Å². The maximum absolute atomic E-state index is 10.7. The molecule has 6 nitrogen and oxygen atoms in total. The molecule has 1 aliphatic rings. The summed E-state index contributed by atoms with van der Waals surface area (Å²) in [4.78, 5) is 24.4. The van der Waals surface area contributed by atoms with E-state index in [1.54, 1.807) is 13.8 Å². The number of aliphatic carboxylic acids is 2. The molecule has 1 aliphatic heterocycles. The van der Waals surface area contributed by atoms with Crippen molar-refractivity contribution in [3.63, 3.8) is 0 Å². The molecule has 0 fully saturated rings. The molecule has 2 N–H and O–H groups in total. The molecule has 1 heterocycles. The van der Waals surface area contributed by atoms with Gasteiger partial charge in [-0.1, -0.05) is 4.90 Å². The summed E-state index contributed by atoms with van der Waals surface area (Å²) < 4.78 is 0. The van der Waals surface area contributed by atoms with Crippen LogP contribution in [0.5, 0.6) is 0 Å². The first kappa shape index (κ1) is 12.3. The van der Waals surface area contributed by atoms with Crippen molar-refractivity contribution in [1.29, 1.82) is 0 Å². The molecule has 0 saturated carbocycles. The van der Waals surface area contributed by atoms with E-state index >= 15 is 0 Å².